The van der Waals surface area contributed by atoms with Crippen molar-refractivity contribution in [1.82, 2.24) is 5.32 Å². The maximum Gasteiger partial charge on any atom is 0.129 e. The highest BCUT2D eigenvalue weighted by atomic mass is 19.1. The number of methoxy groups -OCH3 is 1. The maximum absolute atomic E-state index is 13.6. The van der Waals surface area contributed by atoms with Gasteiger partial charge in [0.15, 0.2) is 0 Å². The van der Waals surface area contributed by atoms with E-state index in [1.54, 1.807) is 7.11 Å². The fourth-order valence-electron chi connectivity index (χ4n) is 2.42. The van der Waals surface area contributed by atoms with Crippen molar-refractivity contribution in [1.29, 1.82) is 0 Å². The van der Waals surface area contributed by atoms with Crippen LogP contribution in [0.25, 0.3) is 0 Å². The van der Waals surface area contributed by atoms with Gasteiger partial charge in [-0.2, -0.15) is 0 Å². The van der Waals surface area contributed by atoms with Crippen molar-refractivity contribution in [3.63, 3.8) is 0 Å². The Morgan fingerprint density at radius 1 is 1.39 bits per heavy atom. The summed E-state index contributed by atoms with van der Waals surface area (Å²) in [6.45, 7) is 0. The Balaban J connectivity index is 2.09. The number of rotatable bonds is 6. The maximum atomic E-state index is 13.6. The number of likely N-dealkylation sites (N-methyl/N-ethyl adjacent to an activating group) is 1. The quantitative estimate of drug-likeness (QED) is 0.843. The number of nitrogens with one attached hydrogen (secondary N) is 1. The van der Waals surface area contributed by atoms with Gasteiger partial charge in [-0.25, -0.2) is 8.78 Å². The molecule has 1 N–H and O–H groups in total. The number of benzene rings is 1. The van der Waals surface area contributed by atoms with Crippen LogP contribution in [-0.2, 0) is 11.2 Å². The first-order valence-corrected chi connectivity index (χ1v) is 6.29. The minimum absolute atomic E-state index is 0.0578. The summed E-state index contributed by atoms with van der Waals surface area (Å²) in [5.74, 6) is -0.459. The van der Waals surface area contributed by atoms with E-state index in [0.29, 0.717) is 17.9 Å². The highest BCUT2D eigenvalue weighted by Crippen LogP contribution is 2.36. The molecule has 2 rings (SSSR count). The van der Waals surface area contributed by atoms with Gasteiger partial charge in [0.1, 0.15) is 11.6 Å². The van der Waals surface area contributed by atoms with E-state index >= 15 is 0 Å². The van der Waals surface area contributed by atoms with Crippen LogP contribution in [0.5, 0.6) is 0 Å². The Bertz CT molecular complexity index is 407. The average Bonchev–Trinajstić information content (AvgIpc) is 3.16. The molecule has 1 aromatic rings. The summed E-state index contributed by atoms with van der Waals surface area (Å²) >= 11 is 0. The predicted molar refractivity (Wildman–Crippen MR) is 66.4 cm³/mol. The van der Waals surface area contributed by atoms with Gasteiger partial charge in [0.2, 0.25) is 0 Å². The average molecular weight is 255 g/mol. The molecule has 0 aromatic heterocycles. The SMILES string of the molecule is CNC(Cc1ccc(F)cc1F)C(OC)C1CC1. The summed E-state index contributed by atoms with van der Waals surface area (Å²) in [4.78, 5) is 0. The van der Waals surface area contributed by atoms with Crippen LogP contribution in [0.4, 0.5) is 8.78 Å². The summed E-state index contributed by atoms with van der Waals surface area (Å²) in [5.41, 5.74) is 0.526. The highest BCUT2D eigenvalue weighted by molar-refractivity contribution is 5.20. The normalized spacial score (nSPS) is 18.7. The molecule has 0 bridgehead atoms. The summed E-state index contributed by atoms with van der Waals surface area (Å²) in [6.07, 6.45) is 2.95. The van der Waals surface area contributed by atoms with Crippen LogP contribution in [0.2, 0.25) is 0 Å². The van der Waals surface area contributed by atoms with Crippen LogP contribution < -0.4 is 5.32 Å². The van der Waals surface area contributed by atoms with Crippen molar-refractivity contribution in [3.05, 3.63) is 35.4 Å². The zero-order valence-electron chi connectivity index (χ0n) is 10.7. The number of halogens is 2. The van der Waals surface area contributed by atoms with E-state index in [0.717, 1.165) is 6.07 Å². The lowest BCUT2D eigenvalue weighted by atomic mass is 9.98. The second-order valence-corrected chi connectivity index (χ2v) is 4.87. The van der Waals surface area contributed by atoms with Gasteiger partial charge in [-0.15, -0.1) is 0 Å². The van der Waals surface area contributed by atoms with Gasteiger partial charge in [-0.3, -0.25) is 0 Å². The van der Waals surface area contributed by atoms with E-state index in [-0.39, 0.29) is 12.1 Å². The lowest BCUT2D eigenvalue weighted by Gasteiger charge is -2.26. The number of hydrogen-bond donors (Lipinski definition) is 1. The van der Waals surface area contributed by atoms with Gasteiger partial charge >= 0.3 is 0 Å². The van der Waals surface area contributed by atoms with E-state index in [9.17, 15) is 8.78 Å². The summed E-state index contributed by atoms with van der Waals surface area (Å²) in [7, 11) is 3.54. The van der Waals surface area contributed by atoms with Crippen molar-refractivity contribution in [2.24, 2.45) is 5.92 Å². The topological polar surface area (TPSA) is 21.3 Å². The predicted octanol–water partition coefficient (Wildman–Crippen LogP) is 2.52. The molecule has 4 heteroatoms. The van der Waals surface area contributed by atoms with Crippen LogP contribution in [0.15, 0.2) is 18.2 Å². The minimum Gasteiger partial charge on any atom is -0.380 e. The molecule has 1 fully saturated rings. The van der Waals surface area contributed by atoms with Gasteiger partial charge in [-0.05, 0) is 43.9 Å². The molecular weight excluding hydrogens is 236 g/mol. The fourth-order valence-corrected chi connectivity index (χ4v) is 2.42. The van der Waals surface area contributed by atoms with E-state index in [1.807, 2.05) is 7.05 Å². The van der Waals surface area contributed by atoms with E-state index in [1.165, 1.54) is 25.0 Å². The highest BCUT2D eigenvalue weighted by Gasteiger charge is 2.36. The Morgan fingerprint density at radius 2 is 2.11 bits per heavy atom. The van der Waals surface area contributed by atoms with E-state index in [4.69, 9.17) is 4.74 Å². The smallest absolute Gasteiger partial charge is 0.129 e. The molecule has 2 unspecified atom stereocenters. The molecule has 0 heterocycles. The molecule has 100 valence electrons. The van der Waals surface area contributed by atoms with Crippen molar-refractivity contribution in [3.8, 4) is 0 Å². The Kier molecular flexibility index (Phi) is 4.30. The summed E-state index contributed by atoms with van der Waals surface area (Å²) < 4.78 is 32.0. The molecule has 1 aromatic carbocycles. The zero-order chi connectivity index (χ0) is 13.1. The molecule has 0 radical (unpaired) electrons. The first-order valence-electron chi connectivity index (χ1n) is 6.29. The summed E-state index contributed by atoms with van der Waals surface area (Å²) in [6, 6.07) is 3.79. The molecule has 2 nitrogen and oxygen atoms in total. The lowest BCUT2D eigenvalue weighted by Crippen LogP contribution is -2.42. The first-order chi connectivity index (χ1) is 8.65. The van der Waals surface area contributed by atoms with Gasteiger partial charge in [0, 0.05) is 19.2 Å². The second-order valence-electron chi connectivity index (χ2n) is 4.87. The molecule has 18 heavy (non-hydrogen) atoms. The van der Waals surface area contributed by atoms with Crippen molar-refractivity contribution in [2.75, 3.05) is 14.2 Å². The van der Waals surface area contributed by atoms with Crippen LogP contribution in [0, 0.1) is 17.6 Å². The lowest BCUT2D eigenvalue weighted by molar-refractivity contribution is 0.0532. The molecule has 0 spiro atoms. The van der Waals surface area contributed by atoms with E-state index < -0.39 is 11.6 Å². The van der Waals surface area contributed by atoms with Crippen molar-refractivity contribution >= 4 is 0 Å². The van der Waals surface area contributed by atoms with Crippen molar-refractivity contribution in [2.45, 2.75) is 31.4 Å². The molecule has 0 amide bonds. The standard InChI is InChI=1S/C14H19F2NO/c1-17-13(14(18-2)9-3-4-9)7-10-5-6-11(15)8-12(10)16/h5-6,8-9,13-14,17H,3-4,7H2,1-2H3. The van der Waals surface area contributed by atoms with Gasteiger partial charge in [0.05, 0.1) is 6.10 Å². The Hall–Kier alpha value is -1.00. The molecule has 1 aliphatic rings. The molecule has 0 aliphatic heterocycles. The molecular formula is C14H19F2NO. The third-order valence-corrected chi connectivity index (χ3v) is 3.58. The van der Waals surface area contributed by atoms with Crippen LogP contribution in [0.3, 0.4) is 0 Å². The number of hydrogen-bond acceptors (Lipinski definition) is 2. The largest absolute Gasteiger partial charge is 0.380 e. The van der Waals surface area contributed by atoms with Crippen molar-refractivity contribution < 1.29 is 13.5 Å². The van der Waals surface area contributed by atoms with Crippen LogP contribution >= 0.6 is 0 Å². The molecule has 1 aliphatic carbocycles. The Labute approximate surface area is 106 Å². The first kappa shape index (κ1) is 13.4. The molecule has 0 saturated heterocycles. The third-order valence-electron chi connectivity index (χ3n) is 3.58. The minimum atomic E-state index is -0.539. The molecule has 1 saturated carbocycles. The van der Waals surface area contributed by atoms with E-state index in [2.05, 4.69) is 5.32 Å². The number of ether oxygens (including phenoxy) is 1. The second kappa shape index (κ2) is 5.76. The molecule has 2 atom stereocenters. The van der Waals surface area contributed by atoms with Gasteiger partial charge < -0.3 is 10.1 Å². The van der Waals surface area contributed by atoms with Gasteiger partial charge in [-0.1, -0.05) is 6.07 Å². The summed E-state index contributed by atoms with van der Waals surface area (Å²) in [5, 5.41) is 3.18. The van der Waals surface area contributed by atoms with Crippen LogP contribution in [0.1, 0.15) is 18.4 Å². The third kappa shape index (κ3) is 3.06. The van der Waals surface area contributed by atoms with Gasteiger partial charge in [0.25, 0.3) is 0 Å². The fraction of sp³-hybridized carbons (Fsp3) is 0.571. The monoisotopic (exact) mass is 255 g/mol. The Morgan fingerprint density at radius 3 is 2.61 bits per heavy atom. The zero-order valence-corrected chi connectivity index (χ0v) is 10.7. The van der Waals surface area contributed by atoms with Crippen LogP contribution in [-0.4, -0.2) is 26.3 Å².